The third kappa shape index (κ3) is 3.33. The molecule has 0 aliphatic carbocycles. The van der Waals surface area contributed by atoms with Crippen molar-refractivity contribution < 1.29 is 13.2 Å². The van der Waals surface area contributed by atoms with Crippen molar-refractivity contribution in [2.24, 2.45) is 0 Å². The fraction of sp³-hybridized carbons (Fsp3) is 0.538. The van der Waals surface area contributed by atoms with E-state index in [9.17, 15) is 8.42 Å². The lowest BCUT2D eigenvalue weighted by atomic mass is 10.1. The lowest BCUT2D eigenvalue weighted by Crippen LogP contribution is -2.27. The second-order valence-corrected chi connectivity index (χ2v) is 7.57. The van der Waals surface area contributed by atoms with Gasteiger partial charge >= 0.3 is 0 Å². The standard InChI is InChI=1S/C13H17BrO3S/c1-10-5-6-12(8-13(10)14)18(15,16)9-11-4-2-3-7-17-11/h5-6,8,11H,2-4,7,9H2,1H3. The van der Waals surface area contributed by atoms with Crippen molar-refractivity contribution in [2.45, 2.75) is 37.2 Å². The van der Waals surface area contributed by atoms with Crippen LogP contribution in [0.3, 0.4) is 0 Å². The first-order valence-electron chi connectivity index (χ1n) is 6.09. The Hall–Kier alpha value is -0.390. The van der Waals surface area contributed by atoms with Crippen LogP contribution in [-0.2, 0) is 14.6 Å². The van der Waals surface area contributed by atoms with Crippen LogP contribution in [-0.4, -0.2) is 26.9 Å². The molecule has 0 saturated carbocycles. The SMILES string of the molecule is Cc1ccc(S(=O)(=O)CC2CCCCO2)cc1Br. The molecular formula is C13H17BrO3S. The molecule has 3 nitrogen and oxygen atoms in total. The van der Waals surface area contributed by atoms with Gasteiger partial charge in [-0.25, -0.2) is 8.42 Å². The molecule has 1 unspecified atom stereocenters. The molecule has 1 heterocycles. The molecule has 0 spiro atoms. The molecule has 1 saturated heterocycles. The number of sulfone groups is 1. The third-order valence-electron chi connectivity index (χ3n) is 3.18. The van der Waals surface area contributed by atoms with E-state index < -0.39 is 9.84 Å². The predicted molar refractivity (Wildman–Crippen MR) is 74.5 cm³/mol. The molecule has 1 aliphatic rings. The number of rotatable bonds is 3. The minimum atomic E-state index is -3.25. The van der Waals surface area contributed by atoms with Crippen molar-refractivity contribution in [3.05, 3.63) is 28.2 Å². The second-order valence-electron chi connectivity index (χ2n) is 4.68. The summed E-state index contributed by atoms with van der Waals surface area (Å²) in [7, 11) is -3.25. The largest absolute Gasteiger partial charge is 0.377 e. The van der Waals surface area contributed by atoms with E-state index in [1.807, 2.05) is 13.0 Å². The Morgan fingerprint density at radius 3 is 2.78 bits per heavy atom. The van der Waals surface area contributed by atoms with Gasteiger partial charge in [-0.1, -0.05) is 22.0 Å². The van der Waals surface area contributed by atoms with Gasteiger partial charge in [-0.15, -0.1) is 0 Å². The molecule has 0 N–H and O–H groups in total. The quantitative estimate of drug-likeness (QED) is 0.854. The molecule has 2 rings (SSSR count). The van der Waals surface area contributed by atoms with E-state index in [1.54, 1.807) is 12.1 Å². The van der Waals surface area contributed by atoms with E-state index in [4.69, 9.17) is 4.74 Å². The molecule has 0 amide bonds. The number of aryl methyl sites for hydroxylation is 1. The second kappa shape index (κ2) is 5.72. The summed E-state index contributed by atoms with van der Waals surface area (Å²) in [6.07, 6.45) is 2.78. The van der Waals surface area contributed by atoms with E-state index in [1.165, 1.54) is 0 Å². The maximum atomic E-state index is 12.3. The van der Waals surface area contributed by atoms with Crippen LogP contribution in [0.25, 0.3) is 0 Å². The van der Waals surface area contributed by atoms with Crippen molar-refractivity contribution in [2.75, 3.05) is 12.4 Å². The Balaban J connectivity index is 2.16. The monoisotopic (exact) mass is 332 g/mol. The van der Waals surface area contributed by atoms with Gasteiger partial charge in [-0.2, -0.15) is 0 Å². The number of benzene rings is 1. The van der Waals surface area contributed by atoms with Gasteiger partial charge in [0.2, 0.25) is 0 Å². The van der Waals surface area contributed by atoms with Crippen LogP contribution in [0.4, 0.5) is 0 Å². The summed E-state index contributed by atoms with van der Waals surface area (Å²) in [5.41, 5.74) is 1.03. The third-order valence-corrected chi connectivity index (χ3v) is 5.82. The summed E-state index contributed by atoms with van der Waals surface area (Å²) < 4.78 is 30.9. The number of hydrogen-bond acceptors (Lipinski definition) is 3. The average Bonchev–Trinajstić information content (AvgIpc) is 2.33. The summed E-state index contributed by atoms with van der Waals surface area (Å²) in [6, 6.07) is 5.16. The molecule has 1 aromatic carbocycles. The Morgan fingerprint density at radius 1 is 1.39 bits per heavy atom. The van der Waals surface area contributed by atoms with Gasteiger partial charge in [0, 0.05) is 11.1 Å². The minimum Gasteiger partial charge on any atom is -0.377 e. The minimum absolute atomic E-state index is 0.0858. The van der Waals surface area contributed by atoms with Gasteiger partial charge in [0.1, 0.15) is 0 Å². The van der Waals surface area contributed by atoms with Crippen LogP contribution in [0.5, 0.6) is 0 Å². The van der Waals surface area contributed by atoms with Crippen molar-refractivity contribution >= 4 is 25.8 Å². The van der Waals surface area contributed by atoms with Crippen LogP contribution in [0.15, 0.2) is 27.6 Å². The van der Waals surface area contributed by atoms with Crippen LogP contribution in [0, 0.1) is 6.92 Å². The van der Waals surface area contributed by atoms with Crippen LogP contribution >= 0.6 is 15.9 Å². The lowest BCUT2D eigenvalue weighted by molar-refractivity contribution is 0.0305. The molecule has 100 valence electrons. The number of ether oxygens (including phenoxy) is 1. The normalized spacial score (nSPS) is 20.9. The highest BCUT2D eigenvalue weighted by Gasteiger charge is 2.23. The van der Waals surface area contributed by atoms with E-state index in [0.717, 1.165) is 29.3 Å². The summed E-state index contributed by atoms with van der Waals surface area (Å²) >= 11 is 3.37. The maximum Gasteiger partial charge on any atom is 0.180 e. The topological polar surface area (TPSA) is 43.4 Å². The maximum absolute atomic E-state index is 12.3. The van der Waals surface area contributed by atoms with Gasteiger partial charge in [0.25, 0.3) is 0 Å². The van der Waals surface area contributed by atoms with Crippen molar-refractivity contribution in [1.82, 2.24) is 0 Å². The van der Waals surface area contributed by atoms with Gasteiger partial charge in [0.05, 0.1) is 16.8 Å². The fourth-order valence-corrected chi connectivity index (χ4v) is 4.09. The molecular weight excluding hydrogens is 316 g/mol. The Labute approximate surface area is 117 Å². The average molecular weight is 333 g/mol. The molecule has 1 fully saturated rings. The predicted octanol–water partition coefficient (Wildman–Crippen LogP) is 3.10. The van der Waals surface area contributed by atoms with Gasteiger partial charge in [-0.3, -0.25) is 0 Å². The fourth-order valence-electron chi connectivity index (χ4n) is 2.05. The lowest BCUT2D eigenvalue weighted by Gasteiger charge is -2.22. The van der Waals surface area contributed by atoms with E-state index in [0.29, 0.717) is 11.5 Å². The first-order chi connectivity index (χ1) is 8.49. The van der Waals surface area contributed by atoms with Crippen LogP contribution in [0.2, 0.25) is 0 Å². The zero-order valence-corrected chi connectivity index (χ0v) is 12.8. The molecule has 1 aliphatic heterocycles. The first kappa shape index (κ1) is 14.0. The zero-order chi connectivity index (χ0) is 13.2. The van der Waals surface area contributed by atoms with E-state index in [-0.39, 0.29) is 11.9 Å². The number of halogens is 1. The molecule has 0 aromatic heterocycles. The highest BCUT2D eigenvalue weighted by molar-refractivity contribution is 9.10. The summed E-state index contributed by atoms with van der Waals surface area (Å²) in [5, 5.41) is 0. The van der Waals surface area contributed by atoms with Crippen molar-refractivity contribution in [3.8, 4) is 0 Å². The zero-order valence-electron chi connectivity index (χ0n) is 10.4. The van der Waals surface area contributed by atoms with Gasteiger partial charge < -0.3 is 4.74 Å². The molecule has 0 bridgehead atoms. The van der Waals surface area contributed by atoms with E-state index in [2.05, 4.69) is 15.9 Å². The molecule has 0 radical (unpaired) electrons. The first-order valence-corrected chi connectivity index (χ1v) is 8.54. The van der Waals surface area contributed by atoms with Crippen LogP contribution < -0.4 is 0 Å². The summed E-state index contributed by atoms with van der Waals surface area (Å²) in [4.78, 5) is 0.370. The smallest absolute Gasteiger partial charge is 0.180 e. The summed E-state index contributed by atoms with van der Waals surface area (Å²) in [5.74, 6) is 0.0858. The van der Waals surface area contributed by atoms with Crippen molar-refractivity contribution in [3.63, 3.8) is 0 Å². The molecule has 5 heteroatoms. The van der Waals surface area contributed by atoms with Gasteiger partial charge in [0.15, 0.2) is 9.84 Å². The molecule has 1 atom stereocenters. The van der Waals surface area contributed by atoms with E-state index >= 15 is 0 Å². The highest BCUT2D eigenvalue weighted by atomic mass is 79.9. The molecule has 1 aromatic rings. The van der Waals surface area contributed by atoms with Gasteiger partial charge in [-0.05, 0) is 43.9 Å². The highest BCUT2D eigenvalue weighted by Crippen LogP contribution is 2.23. The summed E-state index contributed by atoms with van der Waals surface area (Å²) in [6.45, 7) is 2.61. The Bertz CT molecular complexity index is 519. The molecule has 18 heavy (non-hydrogen) atoms. The van der Waals surface area contributed by atoms with Crippen molar-refractivity contribution in [1.29, 1.82) is 0 Å². The Morgan fingerprint density at radius 2 is 2.17 bits per heavy atom. The Kier molecular flexibility index (Phi) is 4.45. The van der Waals surface area contributed by atoms with Crippen LogP contribution in [0.1, 0.15) is 24.8 Å². The number of hydrogen-bond donors (Lipinski definition) is 0.